The van der Waals surface area contributed by atoms with Gasteiger partial charge >= 0.3 is 0 Å². The highest BCUT2D eigenvalue weighted by atomic mass is 32.1. The highest BCUT2D eigenvalue weighted by molar-refractivity contribution is 7.09. The molecule has 0 aliphatic carbocycles. The molecule has 1 atom stereocenters. The molecule has 25 heavy (non-hydrogen) atoms. The van der Waals surface area contributed by atoms with Crippen molar-refractivity contribution < 1.29 is 14.8 Å². The molecule has 3 N–H and O–H groups in total. The lowest BCUT2D eigenvalue weighted by atomic mass is 10.1. The third kappa shape index (κ3) is 4.68. The van der Waals surface area contributed by atoms with E-state index < -0.39 is 0 Å². The molecule has 5 heteroatoms. The molecule has 0 radical (unpaired) electrons. The van der Waals surface area contributed by atoms with Crippen LogP contribution in [0.15, 0.2) is 72.1 Å². The van der Waals surface area contributed by atoms with Crippen molar-refractivity contribution in [3.05, 3.63) is 82.6 Å². The van der Waals surface area contributed by atoms with Crippen molar-refractivity contribution in [2.24, 2.45) is 0 Å². The summed E-state index contributed by atoms with van der Waals surface area (Å²) in [6, 6.07) is 21.1. The number of quaternary nitrogens is 1. The molecular formula is C20H21N2O2S+. The molecule has 1 heterocycles. The first-order chi connectivity index (χ1) is 12.3. The Hall–Kier alpha value is -2.63. The Labute approximate surface area is 151 Å². The molecule has 0 unspecified atom stereocenters. The molecule has 0 saturated heterocycles. The number of anilines is 1. The summed E-state index contributed by atoms with van der Waals surface area (Å²) in [5.74, 6) is 0.674. The van der Waals surface area contributed by atoms with Crippen LogP contribution in [0.25, 0.3) is 0 Å². The van der Waals surface area contributed by atoms with E-state index in [0.717, 1.165) is 23.5 Å². The maximum absolute atomic E-state index is 12.9. The minimum atomic E-state index is -0.311. The normalized spacial score (nSPS) is 11.7. The van der Waals surface area contributed by atoms with Crippen LogP contribution in [-0.2, 0) is 11.3 Å². The van der Waals surface area contributed by atoms with Crippen molar-refractivity contribution in [2.75, 3.05) is 12.4 Å². The summed E-state index contributed by atoms with van der Waals surface area (Å²) in [6.45, 7) is 0.767. The molecule has 2 aromatic carbocycles. The molecule has 128 valence electrons. The topological polar surface area (TPSA) is 54.9 Å². The Bertz CT molecular complexity index is 804. The van der Waals surface area contributed by atoms with Gasteiger partial charge in [0.25, 0.3) is 5.91 Å². The fraction of sp³-hybridized carbons (Fsp3) is 0.150. The number of ether oxygens (including phenoxy) is 1. The van der Waals surface area contributed by atoms with Crippen molar-refractivity contribution in [2.45, 2.75) is 12.6 Å². The van der Waals surface area contributed by atoms with E-state index in [9.17, 15) is 4.79 Å². The van der Waals surface area contributed by atoms with Crippen LogP contribution in [-0.4, -0.2) is 13.0 Å². The van der Waals surface area contributed by atoms with Crippen LogP contribution in [0.3, 0.4) is 0 Å². The Kier molecular flexibility index (Phi) is 5.82. The lowest BCUT2D eigenvalue weighted by Gasteiger charge is -2.16. The number of hydrogen-bond donors (Lipinski definition) is 2. The van der Waals surface area contributed by atoms with Crippen molar-refractivity contribution in [3.8, 4) is 5.75 Å². The number of thiophene rings is 1. The summed E-state index contributed by atoms with van der Waals surface area (Å²) in [4.78, 5) is 14.1. The van der Waals surface area contributed by atoms with Crippen LogP contribution in [0, 0.1) is 0 Å². The summed E-state index contributed by atoms with van der Waals surface area (Å²) < 4.78 is 5.22. The number of rotatable bonds is 7. The van der Waals surface area contributed by atoms with Crippen LogP contribution < -0.4 is 15.4 Å². The maximum Gasteiger partial charge on any atom is 0.287 e. The molecule has 0 fully saturated rings. The molecule has 3 aromatic rings. The molecule has 0 aliphatic heterocycles. The van der Waals surface area contributed by atoms with Crippen LogP contribution in [0.5, 0.6) is 5.75 Å². The van der Waals surface area contributed by atoms with Crippen LogP contribution >= 0.6 is 11.3 Å². The van der Waals surface area contributed by atoms with Gasteiger partial charge in [0.05, 0.1) is 12.0 Å². The average molecular weight is 353 g/mol. The lowest BCUT2D eigenvalue weighted by molar-refractivity contribution is -0.697. The summed E-state index contributed by atoms with van der Waals surface area (Å²) in [6.07, 6.45) is 0. The molecule has 0 bridgehead atoms. The molecular weight excluding hydrogens is 332 g/mol. The van der Waals surface area contributed by atoms with Gasteiger partial charge in [-0.15, -0.1) is 11.3 Å². The number of carbonyl (C=O) groups is 1. The second kappa shape index (κ2) is 8.46. The van der Waals surface area contributed by atoms with Gasteiger partial charge < -0.3 is 15.4 Å². The van der Waals surface area contributed by atoms with E-state index >= 15 is 0 Å². The largest absolute Gasteiger partial charge is 0.497 e. The number of benzene rings is 2. The van der Waals surface area contributed by atoms with E-state index in [1.807, 2.05) is 60.7 Å². The second-order valence-corrected chi connectivity index (χ2v) is 6.66. The zero-order valence-corrected chi connectivity index (χ0v) is 14.8. The van der Waals surface area contributed by atoms with Gasteiger partial charge in [-0.3, -0.25) is 4.79 Å². The van der Waals surface area contributed by atoms with E-state index in [1.165, 1.54) is 4.88 Å². The first kappa shape index (κ1) is 17.2. The van der Waals surface area contributed by atoms with E-state index in [0.29, 0.717) is 0 Å². The van der Waals surface area contributed by atoms with Gasteiger partial charge in [0.15, 0.2) is 6.04 Å². The first-order valence-corrected chi connectivity index (χ1v) is 9.00. The second-order valence-electron chi connectivity index (χ2n) is 5.63. The van der Waals surface area contributed by atoms with Crippen LogP contribution in [0.4, 0.5) is 5.69 Å². The molecule has 4 nitrogen and oxygen atoms in total. The van der Waals surface area contributed by atoms with Gasteiger partial charge in [0.1, 0.15) is 12.3 Å². The lowest BCUT2D eigenvalue weighted by Crippen LogP contribution is -2.85. The van der Waals surface area contributed by atoms with Crippen LogP contribution in [0.1, 0.15) is 16.5 Å². The zero-order chi connectivity index (χ0) is 17.5. The van der Waals surface area contributed by atoms with Gasteiger partial charge in [0, 0.05) is 17.3 Å². The standard InChI is InChI=1S/C20H20N2O2S/c1-24-17-10-5-9-16(13-17)22-20(23)19(15-7-3-2-4-8-15)21-14-18-11-6-12-25-18/h2-13,19,21H,14H2,1H3,(H,22,23)/p+1/t19-/m0/s1. The summed E-state index contributed by atoms with van der Waals surface area (Å²) in [7, 11) is 1.61. The quantitative estimate of drug-likeness (QED) is 0.685. The number of nitrogens with one attached hydrogen (secondary N) is 1. The van der Waals surface area contributed by atoms with Crippen molar-refractivity contribution in [1.29, 1.82) is 0 Å². The number of hydrogen-bond acceptors (Lipinski definition) is 3. The van der Waals surface area contributed by atoms with Crippen molar-refractivity contribution in [3.63, 3.8) is 0 Å². The maximum atomic E-state index is 12.9. The van der Waals surface area contributed by atoms with E-state index in [1.54, 1.807) is 18.4 Å². The van der Waals surface area contributed by atoms with E-state index in [4.69, 9.17) is 4.74 Å². The fourth-order valence-corrected chi connectivity index (χ4v) is 3.32. The average Bonchev–Trinajstić information content (AvgIpc) is 3.16. The highest BCUT2D eigenvalue weighted by Gasteiger charge is 2.24. The smallest absolute Gasteiger partial charge is 0.287 e. The highest BCUT2D eigenvalue weighted by Crippen LogP contribution is 2.18. The van der Waals surface area contributed by atoms with Gasteiger partial charge in [-0.2, -0.15) is 0 Å². The SMILES string of the molecule is COc1cccc(NC(=O)[C@@H]([NH2+]Cc2cccs2)c2ccccc2)c1. The van der Waals surface area contributed by atoms with Gasteiger partial charge in [-0.1, -0.05) is 42.5 Å². The minimum Gasteiger partial charge on any atom is -0.497 e. The number of methoxy groups -OCH3 is 1. The molecule has 1 amide bonds. The molecule has 0 spiro atoms. The molecule has 0 saturated carbocycles. The van der Waals surface area contributed by atoms with Gasteiger partial charge in [0.2, 0.25) is 0 Å². The minimum absolute atomic E-state index is 0.0454. The summed E-state index contributed by atoms with van der Waals surface area (Å²) in [5.41, 5.74) is 1.72. The molecule has 3 rings (SSSR count). The Morgan fingerprint density at radius 2 is 1.96 bits per heavy atom. The Balaban J connectivity index is 1.76. The van der Waals surface area contributed by atoms with Crippen molar-refractivity contribution in [1.82, 2.24) is 0 Å². The third-order valence-electron chi connectivity index (χ3n) is 3.91. The predicted octanol–water partition coefficient (Wildman–Crippen LogP) is 3.20. The predicted molar refractivity (Wildman–Crippen MR) is 101 cm³/mol. The Morgan fingerprint density at radius 3 is 2.68 bits per heavy atom. The van der Waals surface area contributed by atoms with Gasteiger partial charge in [-0.05, 0) is 23.6 Å². The number of nitrogens with two attached hydrogens (primary N) is 1. The Morgan fingerprint density at radius 1 is 1.12 bits per heavy atom. The van der Waals surface area contributed by atoms with Crippen molar-refractivity contribution >= 4 is 22.9 Å². The van der Waals surface area contributed by atoms with Gasteiger partial charge in [-0.25, -0.2) is 0 Å². The fourth-order valence-electron chi connectivity index (χ4n) is 2.64. The molecule has 0 aliphatic rings. The number of carbonyl (C=O) groups excluding carboxylic acids is 1. The monoisotopic (exact) mass is 353 g/mol. The van der Waals surface area contributed by atoms with Crippen LogP contribution in [0.2, 0.25) is 0 Å². The third-order valence-corrected chi connectivity index (χ3v) is 4.81. The zero-order valence-electron chi connectivity index (χ0n) is 14.0. The number of amides is 1. The van der Waals surface area contributed by atoms with E-state index in [2.05, 4.69) is 22.1 Å². The van der Waals surface area contributed by atoms with E-state index in [-0.39, 0.29) is 11.9 Å². The molecule has 1 aromatic heterocycles. The summed E-state index contributed by atoms with van der Waals surface area (Å²) in [5, 5.41) is 7.12. The first-order valence-electron chi connectivity index (χ1n) is 8.12. The summed E-state index contributed by atoms with van der Waals surface area (Å²) >= 11 is 1.70.